The van der Waals surface area contributed by atoms with Crippen LogP contribution in [0.2, 0.25) is 0 Å². The van der Waals surface area contributed by atoms with Gasteiger partial charge in [0, 0.05) is 22.3 Å². The number of phenolic OH excluding ortho intramolecular Hbond substituents is 4. The Labute approximate surface area is 322 Å². The molecule has 0 aliphatic carbocycles. The van der Waals surface area contributed by atoms with Gasteiger partial charge in [0.15, 0.2) is 0 Å². The lowest BCUT2D eigenvalue weighted by molar-refractivity contribution is 0.470. The average Bonchev–Trinajstić information content (AvgIpc) is 3.22. The number of aryl methyl sites for hydroxylation is 2. The summed E-state index contributed by atoms with van der Waals surface area (Å²) in [5, 5.41) is 49.6. The molecule has 0 amide bonds. The molecule has 4 heteroatoms. The van der Waals surface area contributed by atoms with Crippen molar-refractivity contribution in [2.24, 2.45) is 0 Å². The number of phenols is 4. The fourth-order valence-corrected chi connectivity index (χ4v) is 7.10. The lowest BCUT2D eigenvalue weighted by atomic mass is 9.92. The second-order valence-corrected chi connectivity index (χ2v) is 13.2. The van der Waals surface area contributed by atoms with Crippen LogP contribution in [-0.2, 0) is 12.8 Å². The first-order chi connectivity index (χ1) is 26.4. The summed E-state index contributed by atoms with van der Waals surface area (Å²) in [5.41, 5.74) is 5.55. The Morgan fingerprint density at radius 3 is 0.727 bits per heavy atom. The minimum Gasteiger partial charge on any atom is -0.507 e. The first kappa shape index (κ1) is 38.0. The van der Waals surface area contributed by atoms with Crippen molar-refractivity contribution >= 4 is 43.1 Å². The number of hydrogen-bond acceptors (Lipinski definition) is 4. The van der Waals surface area contributed by atoms with E-state index in [2.05, 4.69) is 38.1 Å². The summed E-state index contributed by atoms with van der Waals surface area (Å²) in [6.07, 6.45) is 2.29. The molecule has 0 bridgehead atoms. The Kier molecular flexibility index (Phi) is 11.7. The molecule has 0 aliphatic heterocycles. The highest BCUT2D eigenvalue weighted by Crippen LogP contribution is 2.45. The average molecular weight is 723 g/mol. The Hall–Kier alpha value is -6.78. The van der Waals surface area contributed by atoms with Crippen LogP contribution < -0.4 is 0 Å². The molecule has 9 aromatic carbocycles. The van der Waals surface area contributed by atoms with E-state index in [1.54, 1.807) is 24.3 Å². The van der Waals surface area contributed by atoms with Crippen molar-refractivity contribution in [3.8, 4) is 45.3 Å². The van der Waals surface area contributed by atoms with Gasteiger partial charge < -0.3 is 20.4 Å². The molecule has 0 saturated heterocycles. The van der Waals surface area contributed by atoms with E-state index in [0.29, 0.717) is 22.3 Å². The van der Waals surface area contributed by atoms with Gasteiger partial charge in [-0.05, 0) is 91.3 Å². The zero-order chi connectivity index (χ0) is 37.6. The van der Waals surface area contributed by atoms with Crippen LogP contribution in [0.25, 0.3) is 65.3 Å². The smallest absolute Gasteiger partial charge is 0.124 e. The first-order valence-corrected chi connectivity index (χ1v) is 18.3. The number of aromatic hydroxyl groups is 4. The standard InChI is InChI=1S/2C20H14O2.C10H14.CH4/c2*21-17-11-9-13-5-1-3-7-15(13)19(17)20-16-8-4-2-6-14(16)10-12-18(20)22;1-3-9-5-7-10(4-2)8-6-9;/h2*1-12,21-22H;5-8H,3-4H2,1-2H3;1H4. The molecule has 55 heavy (non-hydrogen) atoms. The molecule has 0 spiro atoms. The predicted octanol–water partition coefficient (Wildman–Crippen LogP) is 13.6. The van der Waals surface area contributed by atoms with Crippen LogP contribution in [-0.4, -0.2) is 20.4 Å². The van der Waals surface area contributed by atoms with Crippen molar-refractivity contribution in [2.45, 2.75) is 34.1 Å². The number of hydrogen-bond donors (Lipinski definition) is 4. The maximum atomic E-state index is 10.4. The van der Waals surface area contributed by atoms with Crippen molar-refractivity contribution in [3.05, 3.63) is 181 Å². The molecule has 0 unspecified atom stereocenters. The van der Waals surface area contributed by atoms with E-state index in [1.807, 2.05) is 121 Å². The van der Waals surface area contributed by atoms with Gasteiger partial charge in [-0.1, -0.05) is 167 Å². The molecule has 274 valence electrons. The van der Waals surface area contributed by atoms with E-state index in [0.717, 1.165) is 55.9 Å². The molecule has 0 aliphatic rings. The van der Waals surface area contributed by atoms with Crippen LogP contribution >= 0.6 is 0 Å². The zero-order valence-electron chi connectivity index (χ0n) is 30.4. The first-order valence-electron chi connectivity index (χ1n) is 18.3. The third kappa shape index (κ3) is 7.81. The molecule has 0 atom stereocenters. The van der Waals surface area contributed by atoms with Gasteiger partial charge in [0.05, 0.1) is 0 Å². The summed E-state index contributed by atoms with van der Waals surface area (Å²) in [6.45, 7) is 4.36. The third-order valence-corrected chi connectivity index (χ3v) is 9.97. The molecule has 0 radical (unpaired) electrons. The Morgan fingerprint density at radius 1 is 0.291 bits per heavy atom. The van der Waals surface area contributed by atoms with Crippen molar-refractivity contribution < 1.29 is 20.4 Å². The number of rotatable bonds is 4. The summed E-state index contributed by atoms with van der Waals surface area (Å²) in [6, 6.07) is 54.6. The monoisotopic (exact) mass is 722 g/mol. The largest absolute Gasteiger partial charge is 0.507 e. The molecule has 0 fully saturated rings. The number of benzene rings is 9. The zero-order valence-corrected chi connectivity index (χ0v) is 30.4. The van der Waals surface area contributed by atoms with E-state index in [1.165, 1.54) is 11.1 Å². The van der Waals surface area contributed by atoms with Crippen LogP contribution in [0.5, 0.6) is 23.0 Å². The Bertz CT molecular complexity index is 2370. The highest BCUT2D eigenvalue weighted by molar-refractivity contribution is 6.10. The topological polar surface area (TPSA) is 80.9 Å². The van der Waals surface area contributed by atoms with E-state index in [9.17, 15) is 20.4 Å². The SMILES string of the molecule is C.CCc1ccc(CC)cc1.Oc1ccc2ccccc2c1-c1c(O)ccc2ccccc12.Oc1ccc2ccccc2c1-c1c(O)ccc2ccccc12. The van der Waals surface area contributed by atoms with Crippen LogP contribution in [0.3, 0.4) is 0 Å². The maximum absolute atomic E-state index is 10.4. The molecule has 0 aromatic heterocycles. The Morgan fingerprint density at radius 2 is 0.509 bits per heavy atom. The minimum absolute atomic E-state index is 0. The van der Waals surface area contributed by atoms with Crippen LogP contribution in [0.1, 0.15) is 32.4 Å². The van der Waals surface area contributed by atoms with Crippen molar-refractivity contribution in [1.29, 1.82) is 0 Å². The quantitative estimate of drug-likeness (QED) is 0.146. The lowest BCUT2D eigenvalue weighted by Gasteiger charge is -2.14. The predicted molar refractivity (Wildman–Crippen MR) is 232 cm³/mol. The molecule has 0 heterocycles. The van der Waals surface area contributed by atoms with E-state index >= 15 is 0 Å². The van der Waals surface area contributed by atoms with Crippen molar-refractivity contribution in [3.63, 3.8) is 0 Å². The molecule has 9 rings (SSSR count). The summed E-state index contributed by atoms with van der Waals surface area (Å²) in [7, 11) is 0. The van der Waals surface area contributed by atoms with E-state index in [-0.39, 0.29) is 30.4 Å². The van der Waals surface area contributed by atoms with Crippen LogP contribution in [0.4, 0.5) is 0 Å². The fourth-order valence-electron chi connectivity index (χ4n) is 7.10. The summed E-state index contributed by atoms with van der Waals surface area (Å²) < 4.78 is 0. The van der Waals surface area contributed by atoms with Crippen molar-refractivity contribution in [2.75, 3.05) is 0 Å². The van der Waals surface area contributed by atoms with Gasteiger partial charge >= 0.3 is 0 Å². The summed E-state index contributed by atoms with van der Waals surface area (Å²) >= 11 is 0. The summed E-state index contributed by atoms with van der Waals surface area (Å²) in [4.78, 5) is 0. The lowest BCUT2D eigenvalue weighted by Crippen LogP contribution is -1.86. The fraction of sp³-hybridized carbons (Fsp3) is 0.0980. The molecular weight excluding hydrogens is 677 g/mol. The summed E-state index contributed by atoms with van der Waals surface area (Å²) in [5.74, 6) is 0.686. The van der Waals surface area contributed by atoms with E-state index in [4.69, 9.17) is 0 Å². The molecule has 0 saturated carbocycles. The molecular formula is C51H46O4. The van der Waals surface area contributed by atoms with Gasteiger partial charge in [0.25, 0.3) is 0 Å². The van der Waals surface area contributed by atoms with Gasteiger partial charge in [-0.2, -0.15) is 0 Å². The number of fused-ring (bicyclic) bond motifs is 4. The highest BCUT2D eigenvalue weighted by Gasteiger charge is 2.17. The van der Waals surface area contributed by atoms with Gasteiger partial charge in [-0.15, -0.1) is 0 Å². The highest BCUT2D eigenvalue weighted by atomic mass is 16.3. The van der Waals surface area contributed by atoms with Gasteiger partial charge in [-0.3, -0.25) is 0 Å². The molecule has 9 aromatic rings. The second-order valence-electron chi connectivity index (χ2n) is 13.2. The van der Waals surface area contributed by atoms with Crippen LogP contribution in [0.15, 0.2) is 170 Å². The van der Waals surface area contributed by atoms with Crippen LogP contribution in [0, 0.1) is 0 Å². The third-order valence-electron chi connectivity index (χ3n) is 9.97. The second kappa shape index (κ2) is 16.9. The Balaban J connectivity index is 0.000000149. The molecule has 4 N–H and O–H groups in total. The molecule has 4 nitrogen and oxygen atoms in total. The maximum Gasteiger partial charge on any atom is 0.124 e. The van der Waals surface area contributed by atoms with Gasteiger partial charge in [-0.25, -0.2) is 0 Å². The normalized spacial score (nSPS) is 10.7. The van der Waals surface area contributed by atoms with Crippen molar-refractivity contribution in [1.82, 2.24) is 0 Å². The minimum atomic E-state index is 0. The van der Waals surface area contributed by atoms with Gasteiger partial charge in [0.2, 0.25) is 0 Å². The van der Waals surface area contributed by atoms with Gasteiger partial charge in [0.1, 0.15) is 23.0 Å². The van der Waals surface area contributed by atoms with E-state index < -0.39 is 0 Å².